The summed E-state index contributed by atoms with van der Waals surface area (Å²) in [5, 5.41) is 23.3. The minimum Gasteiger partial charge on any atom is -0.466 e. The molecule has 0 aliphatic carbocycles. The van der Waals surface area contributed by atoms with Gasteiger partial charge in [0.25, 0.3) is 0 Å². The molecule has 6 heteroatoms. The van der Waals surface area contributed by atoms with Crippen molar-refractivity contribution in [1.29, 1.82) is 0 Å². The molecular weight excluding hydrogens is 983 g/mol. The smallest absolute Gasteiger partial charge is 0.305 e. The number of hydrogen-bond donors (Lipinski definition) is 3. The van der Waals surface area contributed by atoms with Gasteiger partial charge in [-0.05, 0) is 83.5 Å². The van der Waals surface area contributed by atoms with Gasteiger partial charge >= 0.3 is 5.97 Å². The summed E-state index contributed by atoms with van der Waals surface area (Å²) in [6.45, 7) is 4.92. The van der Waals surface area contributed by atoms with E-state index in [1.54, 1.807) is 6.08 Å². The lowest BCUT2D eigenvalue weighted by molar-refractivity contribution is -0.143. The van der Waals surface area contributed by atoms with Crippen molar-refractivity contribution in [3.05, 3.63) is 36.5 Å². The third-order valence-corrected chi connectivity index (χ3v) is 16.9. The quantitative estimate of drug-likeness (QED) is 0.0320. The lowest BCUT2D eigenvalue weighted by Crippen LogP contribution is -2.45. The number of rotatable bonds is 68. The van der Waals surface area contributed by atoms with E-state index in [2.05, 4.69) is 43.5 Å². The second-order valence-electron chi connectivity index (χ2n) is 24.9. The van der Waals surface area contributed by atoms with E-state index in [1.165, 1.54) is 327 Å². The maximum Gasteiger partial charge on any atom is 0.305 e. The largest absolute Gasteiger partial charge is 0.466 e. The van der Waals surface area contributed by atoms with Crippen LogP contribution in [0.25, 0.3) is 0 Å². The molecule has 0 saturated heterocycles. The van der Waals surface area contributed by atoms with Crippen molar-refractivity contribution in [3.8, 4) is 0 Å². The molecule has 2 unspecified atom stereocenters. The Bertz CT molecular complexity index is 1300. The minimum atomic E-state index is -0.847. The third kappa shape index (κ3) is 65.2. The molecule has 0 aromatic heterocycles. The molecular formula is C74H141NO5. The summed E-state index contributed by atoms with van der Waals surface area (Å²) < 4.78 is 5.48. The van der Waals surface area contributed by atoms with Gasteiger partial charge in [0, 0.05) is 12.8 Å². The minimum absolute atomic E-state index is 0.00592. The number of hydrogen-bond acceptors (Lipinski definition) is 5. The number of amides is 1. The van der Waals surface area contributed by atoms with Crippen LogP contribution in [0.2, 0.25) is 0 Å². The summed E-state index contributed by atoms with van der Waals surface area (Å²) in [6, 6.07) is -0.630. The highest BCUT2D eigenvalue weighted by molar-refractivity contribution is 5.76. The lowest BCUT2D eigenvalue weighted by atomic mass is 10.0. The molecule has 0 aromatic carbocycles. The first-order valence-electron chi connectivity index (χ1n) is 36.3. The number of allylic oxidation sites excluding steroid dienone is 5. The van der Waals surface area contributed by atoms with E-state index in [0.29, 0.717) is 19.4 Å². The predicted octanol–water partition coefficient (Wildman–Crippen LogP) is 23.5. The Hall–Kier alpha value is -1.92. The average Bonchev–Trinajstić information content (AvgIpc) is 3.46. The fourth-order valence-corrected chi connectivity index (χ4v) is 11.3. The van der Waals surface area contributed by atoms with E-state index in [0.717, 1.165) is 44.9 Å². The molecule has 472 valence electrons. The fraction of sp³-hybridized carbons (Fsp3) is 0.892. The molecule has 0 bridgehead atoms. The summed E-state index contributed by atoms with van der Waals surface area (Å²) in [5.41, 5.74) is 0. The maximum absolute atomic E-state index is 12.5. The molecule has 0 aliphatic rings. The molecule has 6 nitrogen and oxygen atoms in total. The van der Waals surface area contributed by atoms with Crippen LogP contribution < -0.4 is 5.32 Å². The van der Waals surface area contributed by atoms with Crippen LogP contribution in [-0.4, -0.2) is 47.4 Å². The van der Waals surface area contributed by atoms with Crippen molar-refractivity contribution >= 4 is 11.9 Å². The van der Waals surface area contributed by atoms with Crippen LogP contribution in [0.15, 0.2) is 36.5 Å². The maximum atomic E-state index is 12.5. The Balaban J connectivity index is 3.42. The molecule has 0 fully saturated rings. The summed E-state index contributed by atoms with van der Waals surface area (Å²) in [5.74, 6) is -0.0589. The van der Waals surface area contributed by atoms with Crippen LogP contribution in [0.1, 0.15) is 399 Å². The fourth-order valence-electron chi connectivity index (χ4n) is 11.3. The Morgan fingerprint density at radius 1 is 0.338 bits per heavy atom. The van der Waals surface area contributed by atoms with Gasteiger partial charge in [-0.1, -0.05) is 339 Å². The first kappa shape index (κ1) is 78.1. The summed E-state index contributed by atoms with van der Waals surface area (Å²) in [6.07, 6.45) is 89.4. The SMILES string of the molecule is CCCCCC/C=C\CCCCCCCC(=O)OCCCCCCCCCCCCCC/C=C\CCCCCCCCCCCCCC(=O)NC(CO)C(O)/C=C/CCCCCCCCCCCCCCCCCCCCCCC. The van der Waals surface area contributed by atoms with E-state index < -0.39 is 12.1 Å². The summed E-state index contributed by atoms with van der Waals surface area (Å²) in [4.78, 5) is 24.6. The van der Waals surface area contributed by atoms with Gasteiger partial charge in [-0.2, -0.15) is 0 Å². The Morgan fingerprint density at radius 3 is 0.900 bits per heavy atom. The van der Waals surface area contributed by atoms with E-state index in [9.17, 15) is 19.8 Å². The van der Waals surface area contributed by atoms with Crippen molar-refractivity contribution in [1.82, 2.24) is 5.32 Å². The van der Waals surface area contributed by atoms with Crippen LogP contribution in [0.5, 0.6) is 0 Å². The molecule has 2 atom stereocenters. The summed E-state index contributed by atoms with van der Waals surface area (Å²) in [7, 11) is 0. The number of esters is 1. The second kappa shape index (κ2) is 69.6. The molecule has 3 N–H and O–H groups in total. The predicted molar refractivity (Wildman–Crippen MR) is 352 cm³/mol. The van der Waals surface area contributed by atoms with Crippen LogP contribution in [0.3, 0.4) is 0 Å². The Kier molecular flexibility index (Phi) is 67.9. The number of aliphatic hydroxyl groups is 2. The molecule has 0 radical (unpaired) electrons. The first-order valence-corrected chi connectivity index (χ1v) is 36.3. The van der Waals surface area contributed by atoms with Gasteiger partial charge < -0.3 is 20.3 Å². The van der Waals surface area contributed by atoms with Gasteiger partial charge in [-0.3, -0.25) is 9.59 Å². The van der Waals surface area contributed by atoms with Gasteiger partial charge in [-0.15, -0.1) is 0 Å². The molecule has 0 heterocycles. The Morgan fingerprint density at radius 2 is 0.588 bits per heavy atom. The average molecular weight is 1120 g/mol. The van der Waals surface area contributed by atoms with Crippen LogP contribution in [-0.2, 0) is 14.3 Å². The molecule has 80 heavy (non-hydrogen) atoms. The molecule has 0 aliphatic heterocycles. The van der Waals surface area contributed by atoms with Crippen LogP contribution >= 0.6 is 0 Å². The second-order valence-corrected chi connectivity index (χ2v) is 24.9. The van der Waals surface area contributed by atoms with Gasteiger partial charge in [0.05, 0.1) is 25.4 Å². The van der Waals surface area contributed by atoms with E-state index in [4.69, 9.17) is 4.74 Å². The standard InChI is InChI=1S/C74H141NO5/c1-3-5-7-9-11-13-15-17-18-19-20-21-27-30-33-36-39-43-46-50-54-58-62-66-72(77)71(70-76)75-73(78)67-63-59-55-51-47-44-40-37-34-31-28-25-23-22-24-26-29-32-35-38-41-45-49-53-57-61-65-69-80-74(79)68-64-60-56-52-48-42-16-14-12-10-8-6-4-2/h14,16,22-23,62,66,71-72,76-77H,3-13,15,17-21,24-61,63-65,67-70H2,1-2H3,(H,75,78)/b16-14-,23-22-,66-62+. The first-order chi connectivity index (χ1) is 39.5. The van der Waals surface area contributed by atoms with E-state index >= 15 is 0 Å². The van der Waals surface area contributed by atoms with Gasteiger partial charge in [0.2, 0.25) is 5.91 Å². The van der Waals surface area contributed by atoms with Crippen LogP contribution in [0.4, 0.5) is 0 Å². The van der Waals surface area contributed by atoms with E-state index in [1.807, 2.05) is 6.08 Å². The number of aliphatic hydroxyl groups excluding tert-OH is 2. The highest BCUT2D eigenvalue weighted by atomic mass is 16.5. The number of carbonyl (C=O) groups is 2. The number of carbonyl (C=O) groups excluding carboxylic acids is 2. The highest BCUT2D eigenvalue weighted by Gasteiger charge is 2.18. The molecule has 0 spiro atoms. The molecule has 1 amide bonds. The zero-order chi connectivity index (χ0) is 57.8. The Labute approximate surface area is 500 Å². The van der Waals surface area contributed by atoms with Crippen molar-refractivity contribution < 1.29 is 24.5 Å². The van der Waals surface area contributed by atoms with Crippen molar-refractivity contribution in [2.45, 2.75) is 411 Å². The highest BCUT2D eigenvalue weighted by Crippen LogP contribution is 2.18. The van der Waals surface area contributed by atoms with Crippen LogP contribution in [0, 0.1) is 0 Å². The zero-order valence-electron chi connectivity index (χ0n) is 54.1. The monoisotopic (exact) mass is 1120 g/mol. The zero-order valence-corrected chi connectivity index (χ0v) is 54.1. The molecule has 0 saturated carbocycles. The van der Waals surface area contributed by atoms with E-state index in [-0.39, 0.29) is 18.5 Å². The van der Waals surface area contributed by atoms with Crippen molar-refractivity contribution in [2.24, 2.45) is 0 Å². The normalized spacial score (nSPS) is 12.7. The number of ether oxygens (including phenoxy) is 1. The summed E-state index contributed by atoms with van der Waals surface area (Å²) >= 11 is 0. The topological polar surface area (TPSA) is 95.9 Å². The van der Waals surface area contributed by atoms with Gasteiger partial charge in [0.1, 0.15) is 0 Å². The molecule has 0 aromatic rings. The number of nitrogens with one attached hydrogen (secondary N) is 1. The third-order valence-electron chi connectivity index (χ3n) is 16.9. The van der Waals surface area contributed by atoms with Gasteiger partial charge in [0.15, 0.2) is 0 Å². The van der Waals surface area contributed by atoms with Gasteiger partial charge in [-0.25, -0.2) is 0 Å². The lowest BCUT2D eigenvalue weighted by Gasteiger charge is -2.20. The molecule has 0 rings (SSSR count). The van der Waals surface area contributed by atoms with Crippen molar-refractivity contribution in [3.63, 3.8) is 0 Å². The van der Waals surface area contributed by atoms with Crippen molar-refractivity contribution in [2.75, 3.05) is 13.2 Å². The number of unbranched alkanes of at least 4 members (excludes halogenated alkanes) is 53.